The SMILES string of the molecule is CC[C@H](C(=O)N[C@@H](C)c1ccc(OC)cc1)N(c1ccc(F)cc1)S(C)(=O)=O. The molecule has 0 unspecified atom stereocenters. The minimum Gasteiger partial charge on any atom is -0.497 e. The van der Waals surface area contributed by atoms with Crippen LogP contribution in [0.15, 0.2) is 48.5 Å². The van der Waals surface area contributed by atoms with Crippen LogP contribution in [0.4, 0.5) is 10.1 Å². The molecule has 28 heavy (non-hydrogen) atoms. The number of halogens is 1. The third-order valence-corrected chi connectivity index (χ3v) is 5.57. The molecule has 152 valence electrons. The van der Waals surface area contributed by atoms with Gasteiger partial charge in [-0.25, -0.2) is 12.8 Å². The largest absolute Gasteiger partial charge is 0.497 e. The van der Waals surface area contributed by atoms with Gasteiger partial charge in [-0.3, -0.25) is 9.10 Å². The van der Waals surface area contributed by atoms with E-state index < -0.39 is 27.8 Å². The third kappa shape index (κ3) is 5.22. The smallest absolute Gasteiger partial charge is 0.244 e. The maximum atomic E-state index is 13.2. The second kappa shape index (κ2) is 9.05. The number of methoxy groups -OCH3 is 1. The van der Waals surface area contributed by atoms with Crippen molar-refractivity contribution in [1.29, 1.82) is 0 Å². The Bertz CT molecular complexity index is 899. The third-order valence-electron chi connectivity index (χ3n) is 4.39. The lowest BCUT2D eigenvalue weighted by Crippen LogP contribution is -2.49. The van der Waals surface area contributed by atoms with Crippen LogP contribution in [0.3, 0.4) is 0 Å². The van der Waals surface area contributed by atoms with Gasteiger partial charge in [-0.15, -0.1) is 0 Å². The quantitative estimate of drug-likeness (QED) is 0.728. The minimum atomic E-state index is -3.76. The van der Waals surface area contributed by atoms with Gasteiger partial charge < -0.3 is 10.1 Å². The van der Waals surface area contributed by atoms with Crippen molar-refractivity contribution >= 4 is 21.6 Å². The summed E-state index contributed by atoms with van der Waals surface area (Å²) in [6.45, 7) is 3.54. The number of hydrogen-bond donors (Lipinski definition) is 1. The lowest BCUT2D eigenvalue weighted by atomic mass is 10.1. The summed E-state index contributed by atoms with van der Waals surface area (Å²) in [4.78, 5) is 12.9. The number of ether oxygens (including phenoxy) is 1. The summed E-state index contributed by atoms with van der Waals surface area (Å²) >= 11 is 0. The second-order valence-corrected chi connectivity index (χ2v) is 8.32. The zero-order valence-electron chi connectivity index (χ0n) is 16.3. The molecule has 2 rings (SSSR count). The van der Waals surface area contributed by atoms with Crippen molar-refractivity contribution < 1.29 is 22.3 Å². The highest BCUT2D eigenvalue weighted by Crippen LogP contribution is 2.24. The van der Waals surface area contributed by atoms with Gasteiger partial charge in [0.05, 0.1) is 25.1 Å². The number of sulfonamides is 1. The van der Waals surface area contributed by atoms with Crippen molar-refractivity contribution in [2.24, 2.45) is 0 Å². The topological polar surface area (TPSA) is 75.7 Å². The van der Waals surface area contributed by atoms with Gasteiger partial charge in [0.2, 0.25) is 15.9 Å². The molecule has 1 amide bonds. The molecular formula is C20H25FN2O4S. The average molecular weight is 408 g/mol. The zero-order valence-corrected chi connectivity index (χ0v) is 17.2. The molecule has 6 nitrogen and oxygen atoms in total. The first-order chi connectivity index (χ1) is 13.2. The molecule has 0 aliphatic rings. The Hall–Kier alpha value is -2.61. The molecule has 2 atom stereocenters. The fourth-order valence-corrected chi connectivity index (χ4v) is 4.15. The average Bonchev–Trinajstić information content (AvgIpc) is 2.66. The fourth-order valence-electron chi connectivity index (χ4n) is 2.93. The Morgan fingerprint density at radius 1 is 1.14 bits per heavy atom. The number of hydrogen-bond acceptors (Lipinski definition) is 4. The Labute approximate surface area is 165 Å². The second-order valence-electron chi connectivity index (χ2n) is 6.46. The lowest BCUT2D eigenvalue weighted by Gasteiger charge is -2.31. The highest BCUT2D eigenvalue weighted by atomic mass is 32.2. The zero-order chi connectivity index (χ0) is 20.9. The first kappa shape index (κ1) is 21.7. The van der Waals surface area contributed by atoms with Crippen LogP contribution in [0, 0.1) is 5.82 Å². The van der Waals surface area contributed by atoms with E-state index in [0.29, 0.717) is 5.75 Å². The Morgan fingerprint density at radius 3 is 2.18 bits per heavy atom. The van der Waals surface area contributed by atoms with Crippen molar-refractivity contribution in [2.75, 3.05) is 17.7 Å². The van der Waals surface area contributed by atoms with Crippen molar-refractivity contribution in [2.45, 2.75) is 32.4 Å². The van der Waals surface area contributed by atoms with E-state index in [2.05, 4.69) is 5.32 Å². The first-order valence-electron chi connectivity index (χ1n) is 8.86. The number of nitrogens with zero attached hydrogens (tertiary/aromatic N) is 1. The first-order valence-corrected chi connectivity index (χ1v) is 10.7. The normalized spacial score (nSPS) is 13.5. The van der Waals surface area contributed by atoms with Gasteiger partial charge in [-0.1, -0.05) is 19.1 Å². The number of nitrogens with one attached hydrogen (secondary N) is 1. The molecule has 2 aromatic carbocycles. The van der Waals surface area contributed by atoms with Crippen LogP contribution in [0.25, 0.3) is 0 Å². The van der Waals surface area contributed by atoms with Crippen molar-refractivity contribution in [3.8, 4) is 5.75 Å². The molecule has 0 radical (unpaired) electrons. The summed E-state index contributed by atoms with van der Waals surface area (Å²) in [7, 11) is -2.19. The molecule has 0 aliphatic carbocycles. The van der Waals surface area contributed by atoms with Crippen molar-refractivity contribution in [3.63, 3.8) is 0 Å². The van der Waals surface area contributed by atoms with Gasteiger partial charge in [-0.05, 0) is 55.3 Å². The summed E-state index contributed by atoms with van der Waals surface area (Å²) in [6.07, 6.45) is 1.28. The van der Waals surface area contributed by atoms with Crippen LogP contribution in [0.5, 0.6) is 5.75 Å². The van der Waals surface area contributed by atoms with Crippen molar-refractivity contribution in [1.82, 2.24) is 5.32 Å². The molecule has 0 saturated carbocycles. The maximum absolute atomic E-state index is 13.2. The van der Waals surface area contributed by atoms with Crippen LogP contribution >= 0.6 is 0 Å². The van der Waals surface area contributed by atoms with Gasteiger partial charge in [0.15, 0.2) is 0 Å². The van der Waals surface area contributed by atoms with E-state index in [1.165, 1.54) is 12.1 Å². The van der Waals surface area contributed by atoms with Crippen molar-refractivity contribution in [3.05, 3.63) is 59.9 Å². The maximum Gasteiger partial charge on any atom is 0.244 e. The molecule has 0 aliphatic heterocycles. The molecule has 0 saturated heterocycles. The Morgan fingerprint density at radius 2 is 1.71 bits per heavy atom. The van der Waals surface area contributed by atoms with Crippen LogP contribution in [-0.4, -0.2) is 33.7 Å². The highest BCUT2D eigenvalue weighted by Gasteiger charge is 2.32. The van der Waals surface area contributed by atoms with Gasteiger partial charge >= 0.3 is 0 Å². The molecule has 0 aromatic heterocycles. The van der Waals surface area contributed by atoms with E-state index in [9.17, 15) is 17.6 Å². The van der Waals surface area contributed by atoms with Gasteiger partial charge in [-0.2, -0.15) is 0 Å². The number of carbonyl (C=O) groups excluding carboxylic acids is 1. The molecule has 0 fully saturated rings. The van der Waals surface area contributed by atoms with E-state index in [1.807, 2.05) is 19.1 Å². The Balaban J connectivity index is 2.26. The standard InChI is InChI=1S/C20H25FN2O4S/c1-5-19(23(28(4,25)26)17-10-8-16(21)9-11-17)20(24)22-14(2)15-6-12-18(27-3)13-7-15/h6-14,19H,5H2,1-4H3,(H,22,24)/t14-,19+/m0/s1. The predicted molar refractivity (Wildman–Crippen MR) is 107 cm³/mol. The number of rotatable bonds is 8. The molecular weight excluding hydrogens is 383 g/mol. The summed E-state index contributed by atoms with van der Waals surface area (Å²) < 4.78 is 44.2. The van der Waals surface area contributed by atoms with Gasteiger partial charge in [0.1, 0.15) is 17.6 Å². The number of amides is 1. The molecule has 1 N–H and O–H groups in total. The van der Waals surface area contributed by atoms with E-state index in [-0.39, 0.29) is 18.2 Å². The molecule has 0 spiro atoms. The van der Waals surface area contributed by atoms with Crippen LogP contribution in [0.1, 0.15) is 31.9 Å². The van der Waals surface area contributed by atoms with Gasteiger partial charge in [0, 0.05) is 0 Å². The number of carbonyl (C=O) groups is 1. The van der Waals surface area contributed by atoms with E-state index in [4.69, 9.17) is 4.74 Å². The minimum absolute atomic E-state index is 0.239. The monoisotopic (exact) mass is 408 g/mol. The van der Waals surface area contributed by atoms with Gasteiger partial charge in [0.25, 0.3) is 0 Å². The molecule has 0 bridgehead atoms. The fraction of sp³-hybridized carbons (Fsp3) is 0.350. The van der Waals surface area contributed by atoms with Crippen LogP contribution in [-0.2, 0) is 14.8 Å². The number of anilines is 1. The molecule has 0 heterocycles. The summed E-state index contributed by atoms with van der Waals surface area (Å²) in [5.74, 6) is -0.211. The summed E-state index contributed by atoms with van der Waals surface area (Å²) in [6, 6.07) is 11.0. The predicted octanol–water partition coefficient (Wildman–Crippen LogP) is 3.26. The van der Waals surface area contributed by atoms with E-state index in [0.717, 1.165) is 28.3 Å². The lowest BCUT2D eigenvalue weighted by molar-refractivity contribution is -0.122. The molecule has 2 aromatic rings. The van der Waals surface area contributed by atoms with Crippen LogP contribution in [0.2, 0.25) is 0 Å². The summed E-state index contributed by atoms with van der Waals surface area (Å²) in [5.41, 5.74) is 1.10. The Kier molecular flexibility index (Phi) is 7.01. The summed E-state index contributed by atoms with van der Waals surface area (Å²) in [5, 5.41) is 2.86. The van der Waals surface area contributed by atoms with E-state index in [1.54, 1.807) is 26.2 Å². The molecule has 8 heteroatoms. The van der Waals surface area contributed by atoms with Crippen LogP contribution < -0.4 is 14.4 Å². The number of benzene rings is 2. The highest BCUT2D eigenvalue weighted by molar-refractivity contribution is 7.92. The van der Waals surface area contributed by atoms with E-state index >= 15 is 0 Å².